The number of aliphatic hydroxyl groups is 1. The van der Waals surface area contributed by atoms with Crippen molar-refractivity contribution in [1.29, 1.82) is 5.26 Å². The first-order valence-corrected chi connectivity index (χ1v) is 4.48. The van der Waals surface area contributed by atoms with Crippen molar-refractivity contribution in [3.63, 3.8) is 0 Å². The molecule has 1 aromatic carbocycles. The molecule has 0 bridgehead atoms. The lowest BCUT2D eigenvalue weighted by molar-refractivity contribution is 0.210. The van der Waals surface area contributed by atoms with Crippen molar-refractivity contribution >= 4 is 0 Å². The summed E-state index contributed by atoms with van der Waals surface area (Å²) in [6, 6.07) is 9.32. The van der Waals surface area contributed by atoms with E-state index in [4.69, 9.17) is 11.0 Å². The van der Waals surface area contributed by atoms with Gasteiger partial charge in [0.15, 0.2) is 0 Å². The minimum atomic E-state index is -0.522. The summed E-state index contributed by atoms with van der Waals surface area (Å²) in [4.78, 5) is 0. The van der Waals surface area contributed by atoms with Crippen LogP contribution in [0.1, 0.15) is 18.1 Å². The smallest absolute Gasteiger partial charge is 0.0994 e. The van der Waals surface area contributed by atoms with E-state index in [-0.39, 0.29) is 6.61 Å². The SMILES string of the molecule is CC(CN)(CO)c1ccccc1C#N. The summed E-state index contributed by atoms with van der Waals surface area (Å²) in [5.74, 6) is 0. The van der Waals surface area contributed by atoms with E-state index in [1.165, 1.54) is 0 Å². The predicted octanol–water partition coefficient (Wildman–Crippen LogP) is 0.767. The monoisotopic (exact) mass is 190 g/mol. The van der Waals surface area contributed by atoms with Crippen molar-refractivity contribution < 1.29 is 5.11 Å². The van der Waals surface area contributed by atoms with E-state index >= 15 is 0 Å². The van der Waals surface area contributed by atoms with Gasteiger partial charge in [-0.25, -0.2) is 0 Å². The number of nitrogens with two attached hydrogens (primary N) is 1. The number of benzene rings is 1. The fourth-order valence-electron chi connectivity index (χ4n) is 1.37. The molecule has 0 fully saturated rings. The Morgan fingerprint density at radius 2 is 2.14 bits per heavy atom. The van der Waals surface area contributed by atoms with Crippen LogP contribution in [0.15, 0.2) is 24.3 Å². The topological polar surface area (TPSA) is 70.0 Å². The molecular weight excluding hydrogens is 176 g/mol. The normalized spacial score (nSPS) is 14.4. The van der Waals surface area contributed by atoms with E-state index in [1.807, 2.05) is 19.1 Å². The third-order valence-corrected chi connectivity index (χ3v) is 2.50. The molecule has 0 spiro atoms. The summed E-state index contributed by atoms with van der Waals surface area (Å²) in [5.41, 5.74) is 6.47. The second kappa shape index (κ2) is 4.23. The number of nitrogens with zero attached hydrogens (tertiary/aromatic N) is 1. The van der Waals surface area contributed by atoms with Gasteiger partial charge in [-0.2, -0.15) is 5.26 Å². The van der Waals surface area contributed by atoms with Gasteiger partial charge in [0.1, 0.15) is 0 Å². The molecule has 1 rings (SSSR count). The largest absolute Gasteiger partial charge is 0.395 e. The van der Waals surface area contributed by atoms with Crippen molar-refractivity contribution in [3.8, 4) is 6.07 Å². The molecular formula is C11H14N2O. The Morgan fingerprint density at radius 3 is 2.64 bits per heavy atom. The van der Waals surface area contributed by atoms with Gasteiger partial charge in [-0.1, -0.05) is 25.1 Å². The Bertz CT molecular complexity index is 351. The molecule has 0 aliphatic heterocycles. The molecule has 1 unspecified atom stereocenters. The molecule has 0 aliphatic rings. The maximum Gasteiger partial charge on any atom is 0.0994 e. The minimum absolute atomic E-state index is 0.0534. The maximum atomic E-state index is 9.27. The number of rotatable bonds is 3. The highest BCUT2D eigenvalue weighted by molar-refractivity contribution is 5.42. The van der Waals surface area contributed by atoms with Crippen LogP contribution in [0.4, 0.5) is 0 Å². The first-order chi connectivity index (χ1) is 6.68. The number of hydrogen-bond donors (Lipinski definition) is 2. The average Bonchev–Trinajstić information content (AvgIpc) is 2.28. The molecule has 0 saturated carbocycles. The number of hydrogen-bond acceptors (Lipinski definition) is 3. The minimum Gasteiger partial charge on any atom is -0.395 e. The summed E-state index contributed by atoms with van der Waals surface area (Å²) >= 11 is 0. The Balaban J connectivity index is 3.24. The van der Waals surface area contributed by atoms with Gasteiger partial charge in [0.2, 0.25) is 0 Å². The standard InChI is InChI=1S/C11H14N2O/c1-11(7-13,8-14)10-5-3-2-4-9(10)6-12/h2-5,14H,7-8,13H2,1H3. The molecule has 3 N–H and O–H groups in total. The van der Waals surface area contributed by atoms with Crippen LogP contribution >= 0.6 is 0 Å². The van der Waals surface area contributed by atoms with Crippen LogP contribution in [0.5, 0.6) is 0 Å². The quantitative estimate of drug-likeness (QED) is 0.739. The van der Waals surface area contributed by atoms with Crippen LogP contribution < -0.4 is 5.73 Å². The first-order valence-electron chi connectivity index (χ1n) is 4.48. The zero-order chi connectivity index (χ0) is 10.6. The first kappa shape index (κ1) is 10.7. The van der Waals surface area contributed by atoms with E-state index in [0.29, 0.717) is 12.1 Å². The summed E-state index contributed by atoms with van der Waals surface area (Å²) in [6.07, 6.45) is 0. The molecule has 3 nitrogen and oxygen atoms in total. The lowest BCUT2D eigenvalue weighted by Gasteiger charge is -2.26. The molecule has 0 radical (unpaired) electrons. The molecule has 0 amide bonds. The third-order valence-electron chi connectivity index (χ3n) is 2.50. The predicted molar refractivity (Wildman–Crippen MR) is 54.6 cm³/mol. The van der Waals surface area contributed by atoms with Gasteiger partial charge < -0.3 is 10.8 Å². The second-order valence-electron chi connectivity index (χ2n) is 3.58. The molecule has 0 heterocycles. The molecule has 3 heteroatoms. The fraction of sp³-hybridized carbons (Fsp3) is 0.364. The van der Waals surface area contributed by atoms with E-state index < -0.39 is 5.41 Å². The van der Waals surface area contributed by atoms with Gasteiger partial charge in [0.25, 0.3) is 0 Å². The molecule has 14 heavy (non-hydrogen) atoms. The van der Waals surface area contributed by atoms with Gasteiger partial charge in [0, 0.05) is 12.0 Å². The summed E-state index contributed by atoms with van der Waals surface area (Å²) < 4.78 is 0. The number of nitriles is 1. The molecule has 74 valence electrons. The molecule has 1 aromatic rings. The van der Waals surface area contributed by atoms with Gasteiger partial charge in [-0.3, -0.25) is 0 Å². The van der Waals surface area contributed by atoms with Crippen molar-refractivity contribution in [2.75, 3.05) is 13.2 Å². The Kier molecular flexibility index (Phi) is 3.23. The zero-order valence-electron chi connectivity index (χ0n) is 8.20. The van der Waals surface area contributed by atoms with Crippen LogP contribution in [0, 0.1) is 11.3 Å². The fourth-order valence-corrected chi connectivity index (χ4v) is 1.37. The highest BCUT2D eigenvalue weighted by atomic mass is 16.3. The maximum absolute atomic E-state index is 9.27. The van der Waals surface area contributed by atoms with E-state index in [1.54, 1.807) is 12.1 Å². The van der Waals surface area contributed by atoms with Gasteiger partial charge >= 0.3 is 0 Å². The van der Waals surface area contributed by atoms with E-state index in [2.05, 4.69) is 6.07 Å². The van der Waals surface area contributed by atoms with Crippen molar-refractivity contribution in [1.82, 2.24) is 0 Å². The highest BCUT2D eigenvalue weighted by Gasteiger charge is 2.26. The molecule has 0 aromatic heterocycles. The molecule has 0 aliphatic carbocycles. The Hall–Kier alpha value is -1.37. The number of aliphatic hydroxyl groups excluding tert-OH is 1. The van der Waals surface area contributed by atoms with Crippen molar-refractivity contribution in [3.05, 3.63) is 35.4 Å². The Morgan fingerprint density at radius 1 is 1.50 bits per heavy atom. The van der Waals surface area contributed by atoms with Gasteiger partial charge in [0.05, 0.1) is 18.2 Å². The molecule has 0 saturated heterocycles. The third kappa shape index (κ3) is 1.77. The van der Waals surface area contributed by atoms with Crippen molar-refractivity contribution in [2.24, 2.45) is 5.73 Å². The highest BCUT2D eigenvalue weighted by Crippen LogP contribution is 2.24. The van der Waals surface area contributed by atoms with Crippen LogP contribution in [0.25, 0.3) is 0 Å². The van der Waals surface area contributed by atoms with Crippen LogP contribution in [-0.4, -0.2) is 18.3 Å². The lowest BCUT2D eigenvalue weighted by atomic mass is 9.81. The van der Waals surface area contributed by atoms with Crippen LogP contribution in [0.3, 0.4) is 0 Å². The Labute approximate surface area is 83.8 Å². The second-order valence-corrected chi connectivity index (χ2v) is 3.58. The van der Waals surface area contributed by atoms with E-state index in [0.717, 1.165) is 5.56 Å². The summed E-state index contributed by atoms with van der Waals surface area (Å²) in [6.45, 7) is 2.12. The summed E-state index contributed by atoms with van der Waals surface area (Å²) in [7, 11) is 0. The molecule has 1 atom stereocenters. The summed E-state index contributed by atoms with van der Waals surface area (Å²) in [5, 5.41) is 18.2. The van der Waals surface area contributed by atoms with Crippen LogP contribution in [-0.2, 0) is 5.41 Å². The van der Waals surface area contributed by atoms with Gasteiger partial charge in [-0.15, -0.1) is 0 Å². The lowest BCUT2D eigenvalue weighted by Crippen LogP contribution is -2.36. The van der Waals surface area contributed by atoms with Crippen molar-refractivity contribution in [2.45, 2.75) is 12.3 Å². The van der Waals surface area contributed by atoms with Gasteiger partial charge in [-0.05, 0) is 11.6 Å². The zero-order valence-corrected chi connectivity index (χ0v) is 8.20. The average molecular weight is 190 g/mol. The van der Waals surface area contributed by atoms with Crippen LogP contribution in [0.2, 0.25) is 0 Å². The van der Waals surface area contributed by atoms with E-state index in [9.17, 15) is 5.11 Å².